The molecule has 0 saturated heterocycles. The number of hydrogen-bond donors (Lipinski definition) is 2. The van der Waals surface area contributed by atoms with E-state index in [0.717, 1.165) is 25.0 Å². The molecule has 2 rings (SSSR count). The Morgan fingerprint density at radius 1 is 1.37 bits per heavy atom. The Bertz CT molecular complexity index is 822. The van der Waals surface area contributed by atoms with E-state index in [2.05, 4.69) is 4.72 Å². The van der Waals surface area contributed by atoms with E-state index in [4.69, 9.17) is 10.5 Å². The number of benzene rings is 1. The first-order valence-electron chi connectivity index (χ1n) is 8.36. The predicted octanol–water partition coefficient (Wildman–Crippen LogP) is 2.05. The molecular formula is C16H24ClN3O6S. The maximum Gasteiger partial charge on any atom is 0.338 e. The number of nitrogens with one attached hydrogen (secondary N) is 1. The average Bonchev–Trinajstić information content (AvgIpc) is 3.03. The van der Waals surface area contributed by atoms with Gasteiger partial charge in [0.25, 0.3) is 5.69 Å². The van der Waals surface area contributed by atoms with Gasteiger partial charge in [0.2, 0.25) is 10.0 Å². The van der Waals surface area contributed by atoms with E-state index in [0.29, 0.717) is 12.8 Å². The Balaban J connectivity index is 0.00000364. The molecule has 0 atom stereocenters. The number of carbonyl (C=O) groups is 1. The standard InChI is InChI=1S/C16H23N3O6S.ClH/c1-3-25-15(20)13-8-12(9-14(11(13)2)19(21)22)26(23,24)18-16(10-17)6-4-5-7-16;/h8-9,18H,3-7,10,17H2,1-2H3;1H. The van der Waals surface area contributed by atoms with Crippen molar-refractivity contribution in [2.75, 3.05) is 13.2 Å². The van der Waals surface area contributed by atoms with E-state index in [9.17, 15) is 23.3 Å². The highest BCUT2D eigenvalue weighted by Gasteiger charge is 2.37. The summed E-state index contributed by atoms with van der Waals surface area (Å²) in [5, 5.41) is 11.3. The van der Waals surface area contributed by atoms with Crippen LogP contribution in [0.1, 0.15) is 48.5 Å². The number of carbonyl (C=O) groups excluding carboxylic acids is 1. The Morgan fingerprint density at radius 2 is 1.96 bits per heavy atom. The molecule has 0 spiro atoms. The van der Waals surface area contributed by atoms with Gasteiger partial charge in [-0.15, -0.1) is 12.4 Å². The van der Waals surface area contributed by atoms with Crippen molar-refractivity contribution in [1.29, 1.82) is 0 Å². The number of nitrogens with zero attached hydrogens (tertiary/aromatic N) is 1. The summed E-state index contributed by atoms with van der Waals surface area (Å²) in [6, 6.07) is 2.07. The molecule has 0 aromatic heterocycles. The first kappa shape index (κ1) is 23.3. The van der Waals surface area contributed by atoms with Gasteiger partial charge < -0.3 is 10.5 Å². The molecule has 27 heavy (non-hydrogen) atoms. The molecule has 0 bridgehead atoms. The molecule has 1 aliphatic carbocycles. The number of rotatable bonds is 7. The lowest BCUT2D eigenvalue weighted by Gasteiger charge is -2.28. The molecule has 9 nitrogen and oxygen atoms in total. The van der Waals surface area contributed by atoms with E-state index in [1.54, 1.807) is 6.92 Å². The normalized spacial score (nSPS) is 15.8. The lowest BCUT2D eigenvalue weighted by Crippen LogP contribution is -2.51. The summed E-state index contributed by atoms with van der Waals surface area (Å²) >= 11 is 0. The molecule has 1 saturated carbocycles. The van der Waals surface area contributed by atoms with Gasteiger partial charge in [0.1, 0.15) is 0 Å². The molecule has 1 aliphatic rings. The minimum Gasteiger partial charge on any atom is -0.462 e. The van der Waals surface area contributed by atoms with Crippen molar-refractivity contribution in [3.8, 4) is 0 Å². The van der Waals surface area contributed by atoms with Crippen LogP contribution in [0.15, 0.2) is 17.0 Å². The maximum absolute atomic E-state index is 12.8. The molecule has 0 radical (unpaired) electrons. The quantitative estimate of drug-likeness (QED) is 0.389. The van der Waals surface area contributed by atoms with Crippen LogP contribution in [0, 0.1) is 17.0 Å². The molecule has 1 fully saturated rings. The van der Waals surface area contributed by atoms with Gasteiger partial charge in [-0.05, 0) is 32.8 Å². The molecule has 0 amide bonds. The highest BCUT2D eigenvalue weighted by atomic mass is 35.5. The van der Waals surface area contributed by atoms with Crippen molar-refractivity contribution >= 4 is 34.1 Å². The summed E-state index contributed by atoms with van der Waals surface area (Å²) in [6.45, 7) is 3.17. The summed E-state index contributed by atoms with van der Waals surface area (Å²) in [4.78, 5) is 22.4. The zero-order valence-corrected chi connectivity index (χ0v) is 16.8. The molecule has 0 aliphatic heterocycles. The topological polar surface area (TPSA) is 142 Å². The summed E-state index contributed by atoms with van der Waals surface area (Å²) in [5.74, 6) is -0.806. The van der Waals surface area contributed by atoms with Crippen LogP contribution in [-0.4, -0.2) is 38.0 Å². The number of nitrogens with two attached hydrogens (primary N) is 1. The SMILES string of the molecule is CCOC(=O)c1cc(S(=O)(=O)NC2(CN)CCCC2)cc([N+](=O)[O-])c1C.Cl. The number of esters is 1. The number of nitro groups is 1. The Hall–Kier alpha value is -1.75. The van der Waals surface area contributed by atoms with Gasteiger partial charge in [0.05, 0.1) is 22.0 Å². The van der Waals surface area contributed by atoms with Crippen molar-refractivity contribution in [2.45, 2.75) is 50.0 Å². The van der Waals surface area contributed by atoms with E-state index in [1.165, 1.54) is 6.92 Å². The number of halogens is 1. The molecule has 1 aromatic carbocycles. The fourth-order valence-electron chi connectivity index (χ4n) is 3.18. The summed E-state index contributed by atoms with van der Waals surface area (Å²) in [6.07, 6.45) is 2.90. The van der Waals surface area contributed by atoms with Gasteiger partial charge in [-0.3, -0.25) is 10.1 Å². The second kappa shape index (κ2) is 8.96. The van der Waals surface area contributed by atoms with Crippen molar-refractivity contribution in [3.63, 3.8) is 0 Å². The second-order valence-electron chi connectivity index (χ2n) is 6.39. The fourth-order valence-corrected chi connectivity index (χ4v) is 4.70. The molecule has 1 aromatic rings. The summed E-state index contributed by atoms with van der Waals surface area (Å²) < 4.78 is 33.1. The van der Waals surface area contributed by atoms with Crippen LogP contribution in [0.3, 0.4) is 0 Å². The predicted molar refractivity (Wildman–Crippen MR) is 102 cm³/mol. The third kappa shape index (κ3) is 4.95. The van der Waals surface area contributed by atoms with Gasteiger partial charge in [-0.25, -0.2) is 17.9 Å². The van der Waals surface area contributed by atoms with Crippen LogP contribution in [0.2, 0.25) is 0 Å². The third-order valence-corrected chi connectivity index (χ3v) is 6.22. The Morgan fingerprint density at radius 3 is 2.44 bits per heavy atom. The number of hydrogen-bond acceptors (Lipinski definition) is 7. The molecule has 0 heterocycles. The molecule has 11 heteroatoms. The number of sulfonamides is 1. The van der Waals surface area contributed by atoms with Crippen LogP contribution in [0.25, 0.3) is 0 Å². The smallest absolute Gasteiger partial charge is 0.338 e. The van der Waals surface area contributed by atoms with E-state index in [1.807, 2.05) is 0 Å². The second-order valence-corrected chi connectivity index (χ2v) is 8.07. The van der Waals surface area contributed by atoms with Crippen LogP contribution < -0.4 is 10.5 Å². The fraction of sp³-hybridized carbons (Fsp3) is 0.562. The van der Waals surface area contributed by atoms with Crippen LogP contribution in [-0.2, 0) is 14.8 Å². The minimum absolute atomic E-state index is 0. The van der Waals surface area contributed by atoms with Gasteiger partial charge in [0, 0.05) is 23.7 Å². The first-order chi connectivity index (χ1) is 12.2. The number of nitro benzene ring substituents is 1. The van der Waals surface area contributed by atoms with Crippen LogP contribution in [0.5, 0.6) is 0 Å². The van der Waals surface area contributed by atoms with E-state index >= 15 is 0 Å². The summed E-state index contributed by atoms with van der Waals surface area (Å²) in [5.41, 5.74) is 4.46. The molecule has 3 N–H and O–H groups in total. The molecular weight excluding hydrogens is 398 g/mol. The lowest BCUT2D eigenvalue weighted by atomic mass is 10.0. The average molecular weight is 422 g/mol. The van der Waals surface area contributed by atoms with Crippen molar-refractivity contribution < 1.29 is 22.9 Å². The van der Waals surface area contributed by atoms with E-state index in [-0.39, 0.29) is 41.6 Å². The van der Waals surface area contributed by atoms with Gasteiger partial charge in [-0.1, -0.05) is 12.8 Å². The minimum atomic E-state index is -4.10. The molecule has 0 unspecified atom stereocenters. The lowest BCUT2D eigenvalue weighted by molar-refractivity contribution is -0.385. The Kier molecular flexibility index (Phi) is 7.73. The van der Waals surface area contributed by atoms with Crippen molar-refractivity contribution in [3.05, 3.63) is 33.4 Å². The highest BCUT2D eigenvalue weighted by molar-refractivity contribution is 7.89. The highest BCUT2D eigenvalue weighted by Crippen LogP contribution is 2.32. The van der Waals surface area contributed by atoms with Gasteiger partial charge >= 0.3 is 5.97 Å². The largest absolute Gasteiger partial charge is 0.462 e. The summed E-state index contributed by atoms with van der Waals surface area (Å²) in [7, 11) is -4.10. The zero-order chi connectivity index (χ0) is 19.5. The van der Waals surface area contributed by atoms with Gasteiger partial charge in [-0.2, -0.15) is 0 Å². The zero-order valence-electron chi connectivity index (χ0n) is 15.2. The van der Waals surface area contributed by atoms with E-state index < -0.39 is 32.1 Å². The first-order valence-corrected chi connectivity index (χ1v) is 9.84. The Labute approximate surface area is 164 Å². The van der Waals surface area contributed by atoms with Crippen molar-refractivity contribution in [2.24, 2.45) is 5.73 Å². The van der Waals surface area contributed by atoms with Gasteiger partial charge in [0.15, 0.2) is 0 Å². The molecule has 152 valence electrons. The van der Waals surface area contributed by atoms with Crippen molar-refractivity contribution in [1.82, 2.24) is 4.72 Å². The van der Waals surface area contributed by atoms with Crippen LogP contribution in [0.4, 0.5) is 5.69 Å². The third-order valence-electron chi connectivity index (χ3n) is 4.66. The monoisotopic (exact) mass is 421 g/mol. The number of ether oxygens (including phenoxy) is 1. The van der Waals surface area contributed by atoms with Crippen LogP contribution >= 0.6 is 12.4 Å². The maximum atomic E-state index is 12.8.